The van der Waals surface area contributed by atoms with Crippen molar-refractivity contribution in [3.63, 3.8) is 0 Å². The summed E-state index contributed by atoms with van der Waals surface area (Å²) >= 11 is 0. The van der Waals surface area contributed by atoms with Crippen molar-refractivity contribution in [3.05, 3.63) is 29.3 Å². The second-order valence-corrected chi connectivity index (χ2v) is 5.11. The number of hydrogen-bond acceptors (Lipinski definition) is 3. The number of aryl methyl sites for hydroxylation is 1. The van der Waals surface area contributed by atoms with Gasteiger partial charge in [0.1, 0.15) is 5.75 Å². The molecule has 2 unspecified atom stereocenters. The van der Waals surface area contributed by atoms with Crippen LogP contribution in [-0.2, 0) is 11.2 Å². The number of aromatic hydroxyl groups is 1. The fraction of sp³-hybridized carbons (Fsp3) is 0.571. The van der Waals surface area contributed by atoms with Crippen molar-refractivity contribution >= 4 is 0 Å². The molecule has 1 aromatic carbocycles. The zero-order valence-electron chi connectivity index (χ0n) is 10.2. The molecule has 2 atom stereocenters. The molecule has 3 nitrogen and oxygen atoms in total. The molecular weight excluding hydrogens is 214 g/mol. The van der Waals surface area contributed by atoms with Crippen LogP contribution in [0.25, 0.3) is 0 Å². The normalized spacial score (nSPS) is 29.2. The van der Waals surface area contributed by atoms with Gasteiger partial charge in [0.05, 0.1) is 12.7 Å². The van der Waals surface area contributed by atoms with Crippen molar-refractivity contribution < 1.29 is 9.84 Å². The van der Waals surface area contributed by atoms with Gasteiger partial charge in [0.25, 0.3) is 0 Å². The van der Waals surface area contributed by atoms with Gasteiger partial charge in [-0.1, -0.05) is 6.07 Å². The number of fused-ring (bicyclic) bond motifs is 1. The maximum Gasteiger partial charge on any atom is 0.115 e. The summed E-state index contributed by atoms with van der Waals surface area (Å²) in [7, 11) is 0. The second-order valence-electron chi connectivity index (χ2n) is 5.11. The fourth-order valence-electron chi connectivity index (χ4n) is 3.09. The van der Waals surface area contributed by atoms with Crippen molar-refractivity contribution in [1.82, 2.24) is 4.90 Å². The van der Waals surface area contributed by atoms with Gasteiger partial charge < -0.3 is 9.84 Å². The minimum absolute atomic E-state index is 0.338. The Balaban J connectivity index is 1.83. The van der Waals surface area contributed by atoms with Gasteiger partial charge >= 0.3 is 0 Å². The lowest BCUT2D eigenvalue weighted by atomic mass is 10.1. The average Bonchev–Trinajstić information content (AvgIpc) is 2.71. The molecule has 17 heavy (non-hydrogen) atoms. The third-order valence-corrected chi connectivity index (χ3v) is 3.89. The van der Waals surface area contributed by atoms with Gasteiger partial charge in [0.2, 0.25) is 0 Å². The van der Waals surface area contributed by atoms with Crippen LogP contribution in [0.15, 0.2) is 18.2 Å². The summed E-state index contributed by atoms with van der Waals surface area (Å²) in [5.41, 5.74) is 2.71. The number of phenols is 1. The molecule has 3 rings (SSSR count). The number of morpholine rings is 1. The monoisotopic (exact) mass is 233 g/mol. The molecule has 0 bridgehead atoms. The van der Waals surface area contributed by atoms with E-state index in [0.717, 1.165) is 26.1 Å². The largest absolute Gasteiger partial charge is 0.508 e. The minimum Gasteiger partial charge on any atom is -0.508 e. The molecule has 1 aliphatic heterocycles. The summed E-state index contributed by atoms with van der Waals surface area (Å²) in [6.45, 7) is 5.02. The van der Waals surface area contributed by atoms with Crippen molar-refractivity contribution in [2.75, 3.05) is 19.7 Å². The molecule has 1 heterocycles. The quantitative estimate of drug-likeness (QED) is 0.806. The van der Waals surface area contributed by atoms with Gasteiger partial charge in [0, 0.05) is 19.1 Å². The number of benzene rings is 1. The summed E-state index contributed by atoms with van der Waals surface area (Å²) in [5, 5.41) is 9.50. The maximum atomic E-state index is 9.50. The van der Waals surface area contributed by atoms with Crippen LogP contribution in [-0.4, -0.2) is 35.8 Å². The summed E-state index contributed by atoms with van der Waals surface area (Å²) < 4.78 is 5.59. The van der Waals surface area contributed by atoms with Crippen molar-refractivity contribution in [2.45, 2.75) is 31.9 Å². The molecule has 0 aromatic heterocycles. The predicted molar refractivity (Wildman–Crippen MR) is 66.2 cm³/mol. The number of hydrogen-bond donors (Lipinski definition) is 1. The molecule has 1 aliphatic carbocycles. The molecule has 0 saturated carbocycles. The lowest BCUT2D eigenvalue weighted by molar-refractivity contribution is -0.0343. The Labute approximate surface area is 102 Å². The van der Waals surface area contributed by atoms with Gasteiger partial charge in [-0.25, -0.2) is 0 Å². The first-order valence-electron chi connectivity index (χ1n) is 6.41. The van der Waals surface area contributed by atoms with Gasteiger partial charge in [-0.3, -0.25) is 4.90 Å². The summed E-state index contributed by atoms with van der Waals surface area (Å²) in [5.74, 6) is 0.389. The Hall–Kier alpha value is -1.06. The van der Waals surface area contributed by atoms with Crippen molar-refractivity contribution in [2.24, 2.45) is 0 Å². The average molecular weight is 233 g/mol. The van der Waals surface area contributed by atoms with E-state index in [0.29, 0.717) is 17.9 Å². The predicted octanol–water partition coefficient (Wildman–Crippen LogP) is 2.10. The van der Waals surface area contributed by atoms with Gasteiger partial charge in [-0.05, 0) is 43.0 Å². The van der Waals surface area contributed by atoms with Crippen molar-refractivity contribution in [1.29, 1.82) is 0 Å². The van der Waals surface area contributed by atoms with E-state index >= 15 is 0 Å². The highest BCUT2D eigenvalue weighted by Gasteiger charge is 2.30. The van der Waals surface area contributed by atoms with Crippen LogP contribution in [0.2, 0.25) is 0 Å². The van der Waals surface area contributed by atoms with Crippen LogP contribution in [0, 0.1) is 0 Å². The molecule has 0 spiro atoms. The lowest BCUT2D eigenvalue weighted by Gasteiger charge is -2.36. The van der Waals surface area contributed by atoms with Crippen LogP contribution in [0.1, 0.15) is 30.5 Å². The van der Waals surface area contributed by atoms with E-state index in [1.165, 1.54) is 17.5 Å². The number of phenolic OH excluding ortho intramolecular Hbond substituents is 1. The van der Waals surface area contributed by atoms with E-state index < -0.39 is 0 Å². The molecular formula is C14H19NO2. The summed E-state index contributed by atoms with van der Waals surface area (Å²) in [6, 6.07) is 6.33. The first-order chi connectivity index (χ1) is 8.24. The molecule has 1 saturated heterocycles. The van der Waals surface area contributed by atoms with Gasteiger partial charge in [-0.15, -0.1) is 0 Å². The molecule has 0 amide bonds. The molecule has 1 fully saturated rings. The SMILES string of the molecule is CC1CN(C2CCc3cc(O)ccc32)CCO1. The molecule has 3 heteroatoms. The summed E-state index contributed by atoms with van der Waals surface area (Å²) in [4.78, 5) is 2.52. The van der Waals surface area contributed by atoms with E-state index in [4.69, 9.17) is 4.74 Å². The Bertz CT molecular complexity index is 419. The van der Waals surface area contributed by atoms with Gasteiger partial charge in [-0.2, -0.15) is 0 Å². The number of nitrogens with zero attached hydrogens (tertiary/aromatic N) is 1. The number of ether oxygens (including phenoxy) is 1. The molecule has 0 radical (unpaired) electrons. The highest BCUT2D eigenvalue weighted by atomic mass is 16.5. The van der Waals surface area contributed by atoms with Gasteiger partial charge in [0.15, 0.2) is 0 Å². The van der Waals surface area contributed by atoms with E-state index in [-0.39, 0.29) is 0 Å². The Morgan fingerprint density at radius 1 is 1.41 bits per heavy atom. The first-order valence-corrected chi connectivity index (χ1v) is 6.41. The zero-order valence-corrected chi connectivity index (χ0v) is 10.2. The fourth-order valence-corrected chi connectivity index (χ4v) is 3.09. The smallest absolute Gasteiger partial charge is 0.115 e. The Morgan fingerprint density at radius 3 is 3.12 bits per heavy atom. The standard InChI is InChI=1S/C14H19NO2/c1-10-9-15(6-7-17-10)14-5-2-11-8-12(16)3-4-13(11)14/h3-4,8,10,14,16H,2,5-7,9H2,1H3. The summed E-state index contributed by atoms with van der Waals surface area (Å²) in [6.07, 6.45) is 2.59. The van der Waals surface area contributed by atoms with E-state index in [1.807, 2.05) is 6.07 Å². The van der Waals surface area contributed by atoms with Crippen molar-refractivity contribution in [3.8, 4) is 5.75 Å². The van der Waals surface area contributed by atoms with E-state index in [1.54, 1.807) is 6.07 Å². The van der Waals surface area contributed by atoms with Crippen LogP contribution in [0.3, 0.4) is 0 Å². The third-order valence-electron chi connectivity index (χ3n) is 3.89. The van der Waals surface area contributed by atoms with Crippen LogP contribution < -0.4 is 0 Å². The highest BCUT2D eigenvalue weighted by molar-refractivity contribution is 5.40. The molecule has 1 N–H and O–H groups in total. The van der Waals surface area contributed by atoms with E-state index in [9.17, 15) is 5.11 Å². The molecule has 1 aromatic rings. The number of rotatable bonds is 1. The molecule has 92 valence electrons. The molecule has 2 aliphatic rings. The minimum atomic E-state index is 0.338. The lowest BCUT2D eigenvalue weighted by Crippen LogP contribution is -2.42. The van der Waals surface area contributed by atoms with Crippen LogP contribution >= 0.6 is 0 Å². The maximum absolute atomic E-state index is 9.50. The first kappa shape index (κ1) is 11.1. The zero-order chi connectivity index (χ0) is 11.8. The second kappa shape index (κ2) is 4.31. The highest BCUT2D eigenvalue weighted by Crippen LogP contribution is 2.37. The third kappa shape index (κ3) is 2.05. The Kier molecular flexibility index (Phi) is 2.81. The van der Waals surface area contributed by atoms with Crippen LogP contribution in [0.5, 0.6) is 5.75 Å². The van der Waals surface area contributed by atoms with Crippen LogP contribution in [0.4, 0.5) is 0 Å². The Morgan fingerprint density at radius 2 is 2.29 bits per heavy atom. The van der Waals surface area contributed by atoms with E-state index in [2.05, 4.69) is 17.9 Å². The topological polar surface area (TPSA) is 32.7 Å².